The third-order valence-electron chi connectivity index (χ3n) is 6.85. The highest BCUT2D eigenvalue weighted by Crippen LogP contribution is 2.49. The molecule has 1 aliphatic heterocycles. The maximum absolute atomic E-state index is 12.9. The fourth-order valence-electron chi connectivity index (χ4n) is 5.22. The first-order chi connectivity index (χ1) is 15.0. The number of likely N-dealkylation sites (tertiary alicyclic amines) is 1. The number of piperidine rings is 1. The topological polar surface area (TPSA) is 71.0 Å². The van der Waals surface area contributed by atoms with E-state index in [0.29, 0.717) is 13.0 Å². The molecular weight excluding hydrogens is 392 g/mol. The molecule has 2 aromatic rings. The van der Waals surface area contributed by atoms with Gasteiger partial charge in [0.1, 0.15) is 11.5 Å². The van der Waals surface area contributed by atoms with Gasteiger partial charge in [-0.25, -0.2) is 0 Å². The monoisotopic (exact) mass is 424 g/mol. The summed E-state index contributed by atoms with van der Waals surface area (Å²) in [7, 11) is 3.28. The summed E-state index contributed by atoms with van der Waals surface area (Å²) in [5, 5.41) is 14.4. The molecule has 2 aromatic carbocycles. The molecule has 166 valence electrons. The van der Waals surface area contributed by atoms with Crippen LogP contribution in [0.3, 0.4) is 0 Å². The fourth-order valence-corrected chi connectivity index (χ4v) is 5.22. The van der Waals surface area contributed by atoms with Gasteiger partial charge in [0.25, 0.3) is 0 Å². The summed E-state index contributed by atoms with van der Waals surface area (Å²) in [4.78, 5) is 15.1. The quantitative estimate of drug-likeness (QED) is 0.733. The molecule has 6 nitrogen and oxygen atoms in total. The Hall–Kier alpha value is -2.57. The van der Waals surface area contributed by atoms with Crippen LogP contribution < -0.4 is 14.8 Å². The highest BCUT2D eigenvalue weighted by molar-refractivity contribution is 5.92. The van der Waals surface area contributed by atoms with Gasteiger partial charge in [-0.1, -0.05) is 25.0 Å². The van der Waals surface area contributed by atoms with Crippen molar-refractivity contribution in [1.82, 2.24) is 4.90 Å². The Morgan fingerprint density at radius 2 is 1.68 bits per heavy atom. The number of rotatable bonds is 6. The molecule has 0 unspecified atom stereocenters. The molecule has 1 amide bonds. The van der Waals surface area contributed by atoms with E-state index in [9.17, 15) is 9.90 Å². The van der Waals surface area contributed by atoms with Crippen molar-refractivity contribution in [3.8, 4) is 11.5 Å². The number of ether oxygens (including phenoxy) is 2. The Labute approximate surface area is 184 Å². The number of hydrogen-bond donors (Lipinski definition) is 2. The molecule has 1 aliphatic carbocycles. The van der Waals surface area contributed by atoms with Crippen molar-refractivity contribution in [2.75, 3.05) is 32.6 Å². The Kier molecular flexibility index (Phi) is 6.49. The lowest BCUT2D eigenvalue weighted by Gasteiger charge is -2.52. The van der Waals surface area contributed by atoms with Gasteiger partial charge in [0.15, 0.2) is 0 Å². The number of anilines is 1. The van der Waals surface area contributed by atoms with Crippen molar-refractivity contribution in [3.63, 3.8) is 0 Å². The fraction of sp³-hybridized carbons (Fsp3) is 0.480. The summed E-state index contributed by atoms with van der Waals surface area (Å²) in [5.41, 5.74) is 1.23. The van der Waals surface area contributed by atoms with E-state index in [4.69, 9.17) is 9.47 Å². The molecule has 6 heteroatoms. The zero-order valence-corrected chi connectivity index (χ0v) is 18.3. The van der Waals surface area contributed by atoms with Gasteiger partial charge in [0.2, 0.25) is 5.91 Å². The maximum atomic E-state index is 12.9. The standard InChI is InChI=1S/C25H32N2O4/c1-30-20-10-6-18(7-11-20)24-22-5-3-4-14-25(22,29)15-16-27(24)17-23(28)26-19-8-12-21(31-2)13-9-19/h6-13,22,24,29H,3-5,14-17H2,1-2H3,(H,26,28)/t22-,24+,25+/m0/s1. The van der Waals surface area contributed by atoms with Crippen LogP contribution >= 0.6 is 0 Å². The van der Waals surface area contributed by atoms with Crippen LogP contribution in [-0.2, 0) is 4.79 Å². The number of carbonyl (C=O) groups is 1. The summed E-state index contributed by atoms with van der Waals surface area (Å²) in [6, 6.07) is 15.4. The highest BCUT2D eigenvalue weighted by Gasteiger charge is 2.49. The second-order valence-electron chi connectivity index (χ2n) is 8.67. The summed E-state index contributed by atoms with van der Waals surface area (Å²) >= 11 is 0. The van der Waals surface area contributed by atoms with E-state index in [-0.39, 0.29) is 24.4 Å². The van der Waals surface area contributed by atoms with Crippen molar-refractivity contribution >= 4 is 11.6 Å². The molecule has 1 heterocycles. The minimum Gasteiger partial charge on any atom is -0.497 e. The van der Waals surface area contributed by atoms with Gasteiger partial charge < -0.3 is 19.9 Å². The number of benzene rings is 2. The molecule has 0 radical (unpaired) electrons. The van der Waals surface area contributed by atoms with Crippen LogP contribution in [0.15, 0.2) is 48.5 Å². The smallest absolute Gasteiger partial charge is 0.238 e. The maximum Gasteiger partial charge on any atom is 0.238 e. The molecule has 31 heavy (non-hydrogen) atoms. The van der Waals surface area contributed by atoms with Crippen molar-refractivity contribution < 1.29 is 19.4 Å². The minimum absolute atomic E-state index is 0.00609. The van der Waals surface area contributed by atoms with E-state index >= 15 is 0 Å². The van der Waals surface area contributed by atoms with Crippen LogP contribution in [0.2, 0.25) is 0 Å². The molecule has 3 atom stereocenters. The van der Waals surface area contributed by atoms with E-state index in [0.717, 1.165) is 48.4 Å². The van der Waals surface area contributed by atoms with Gasteiger partial charge in [-0.15, -0.1) is 0 Å². The number of nitrogens with zero attached hydrogens (tertiary/aromatic N) is 1. The van der Waals surface area contributed by atoms with E-state index in [1.54, 1.807) is 14.2 Å². The molecule has 2 N–H and O–H groups in total. The first-order valence-electron chi connectivity index (χ1n) is 11.1. The van der Waals surface area contributed by atoms with Gasteiger partial charge >= 0.3 is 0 Å². The lowest BCUT2D eigenvalue weighted by Crippen LogP contribution is -2.56. The van der Waals surface area contributed by atoms with E-state index in [1.165, 1.54) is 0 Å². The second-order valence-corrected chi connectivity index (χ2v) is 8.67. The summed E-state index contributed by atoms with van der Waals surface area (Å²) in [6.07, 6.45) is 4.71. The number of methoxy groups -OCH3 is 2. The minimum atomic E-state index is -0.647. The van der Waals surface area contributed by atoms with Crippen LogP contribution in [0.25, 0.3) is 0 Å². The lowest BCUT2D eigenvalue weighted by atomic mass is 9.66. The van der Waals surface area contributed by atoms with Crippen molar-refractivity contribution in [3.05, 3.63) is 54.1 Å². The van der Waals surface area contributed by atoms with Crippen LogP contribution in [0.4, 0.5) is 5.69 Å². The van der Waals surface area contributed by atoms with Crippen molar-refractivity contribution in [1.29, 1.82) is 0 Å². The van der Waals surface area contributed by atoms with E-state index in [2.05, 4.69) is 22.3 Å². The molecule has 4 rings (SSSR count). The first-order valence-corrected chi connectivity index (χ1v) is 11.1. The van der Waals surface area contributed by atoms with Gasteiger partial charge in [-0.3, -0.25) is 9.69 Å². The third kappa shape index (κ3) is 4.70. The molecule has 1 saturated carbocycles. The van der Waals surface area contributed by atoms with Gasteiger partial charge in [-0.05, 0) is 61.2 Å². The zero-order valence-electron chi connectivity index (χ0n) is 18.3. The Morgan fingerprint density at radius 1 is 1.03 bits per heavy atom. The predicted octanol–water partition coefficient (Wildman–Crippen LogP) is 4.01. The van der Waals surface area contributed by atoms with E-state index in [1.807, 2.05) is 36.4 Å². The lowest BCUT2D eigenvalue weighted by molar-refractivity contribution is -0.135. The predicted molar refractivity (Wildman–Crippen MR) is 120 cm³/mol. The number of hydrogen-bond acceptors (Lipinski definition) is 5. The second kappa shape index (κ2) is 9.28. The zero-order chi connectivity index (χ0) is 21.8. The van der Waals surface area contributed by atoms with E-state index < -0.39 is 5.60 Å². The molecule has 0 aromatic heterocycles. The third-order valence-corrected chi connectivity index (χ3v) is 6.85. The SMILES string of the molecule is COc1ccc(NC(=O)CN2CC[C@]3(O)CCCC[C@H]3[C@H]2c2ccc(OC)cc2)cc1. The Balaban J connectivity index is 1.54. The summed E-state index contributed by atoms with van der Waals surface area (Å²) in [5.74, 6) is 1.63. The number of nitrogens with one attached hydrogen (secondary N) is 1. The summed E-state index contributed by atoms with van der Waals surface area (Å²) < 4.78 is 10.5. The molecule has 2 fully saturated rings. The van der Waals surface area contributed by atoms with Crippen LogP contribution in [0, 0.1) is 5.92 Å². The first kappa shape index (κ1) is 21.7. The van der Waals surface area contributed by atoms with Gasteiger partial charge in [0, 0.05) is 24.2 Å². The van der Waals surface area contributed by atoms with Crippen molar-refractivity contribution in [2.45, 2.75) is 43.7 Å². The van der Waals surface area contributed by atoms with Crippen LogP contribution in [-0.4, -0.2) is 48.8 Å². The molecule has 0 bridgehead atoms. The number of amides is 1. The Bertz CT molecular complexity index is 883. The number of aliphatic hydroxyl groups is 1. The average Bonchev–Trinajstić information content (AvgIpc) is 2.79. The normalized spacial score (nSPS) is 26.0. The average molecular weight is 425 g/mol. The molecular formula is C25H32N2O4. The van der Waals surface area contributed by atoms with Crippen molar-refractivity contribution in [2.24, 2.45) is 5.92 Å². The molecule has 0 spiro atoms. The number of fused-ring (bicyclic) bond motifs is 1. The van der Waals surface area contributed by atoms with Crippen LogP contribution in [0.1, 0.15) is 43.7 Å². The Morgan fingerprint density at radius 3 is 2.32 bits per heavy atom. The molecule has 2 aliphatic rings. The largest absolute Gasteiger partial charge is 0.497 e. The molecule has 1 saturated heterocycles. The number of carbonyl (C=O) groups excluding carboxylic acids is 1. The van der Waals surface area contributed by atoms with Crippen LogP contribution in [0.5, 0.6) is 11.5 Å². The highest BCUT2D eigenvalue weighted by atomic mass is 16.5. The van der Waals surface area contributed by atoms with Gasteiger partial charge in [-0.2, -0.15) is 0 Å². The van der Waals surface area contributed by atoms with Gasteiger partial charge in [0.05, 0.1) is 26.4 Å². The summed E-state index contributed by atoms with van der Waals surface area (Å²) in [6.45, 7) is 0.981.